The van der Waals surface area contributed by atoms with Gasteiger partial charge in [0.05, 0.1) is 11.4 Å². The van der Waals surface area contributed by atoms with Crippen molar-refractivity contribution in [3.8, 4) is 0 Å². The van der Waals surface area contributed by atoms with Crippen molar-refractivity contribution >= 4 is 35.1 Å². The summed E-state index contributed by atoms with van der Waals surface area (Å²) in [7, 11) is 1.53. The summed E-state index contributed by atoms with van der Waals surface area (Å²) in [6.45, 7) is 0.511. The lowest BCUT2D eigenvalue weighted by atomic mass is 9.84. The van der Waals surface area contributed by atoms with E-state index in [4.69, 9.17) is 0 Å². The van der Waals surface area contributed by atoms with E-state index in [1.54, 1.807) is 4.90 Å². The lowest BCUT2D eigenvalue weighted by Crippen LogP contribution is -2.59. The molecule has 3 aliphatic rings. The number of carbonyl (C=O) groups is 4. The number of benzene rings is 1. The number of para-hydroxylation sites is 2. The highest BCUT2D eigenvalue weighted by molar-refractivity contribution is 6.06. The lowest BCUT2D eigenvalue weighted by Gasteiger charge is -2.44. The Hall–Kier alpha value is -3.10. The molecule has 0 radical (unpaired) electrons. The second-order valence-electron chi connectivity index (χ2n) is 7.21. The Kier molecular flexibility index (Phi) is 4.01. The minimum Gasteiger partial charge on any atom is -0.369 e. The molecule has 0 aliphatic carbocycles. The van der Waals surface area contributed by atoms with Crippen LogP contribution in [0.2, 0.25) is 0 Å². The number of rotatable bonds is 2. The molecule has 4 rings (SSSR count). The third kappa shape index (κ3) is 2.88. The maximum Gasteiger partial charge on any atom is 0.327 e. The first-order chi connectivity index (χ1) is 12.9. The summed E-state index contributed by atoms with van der Waals surface area (Å²) in [6.07, 6.45) is 0.918. The van der Waals surface area contributed by atoms with Crippen molar-refractivity contribution in [2.24, 2.45) is 0 Å². The fraction of sp³-hybridized carbons (Fsp3) is 0.444. The topological polar surface area (TPSA) is 102 Å². The summed E-state index contributed by atoms with van der Waals surface area (Å²) >= 11 is 0. The van der Waals surface area contributed by atoms with E-state index in [1.165, 1.54) is 11.9 Å². The van der Waals surface area contributed by atoms with E-state index in [2.05, 4.69) is 10.6 Å². The number of amides is 5. The summed E-state index contributed by atoms with van der Waals surface area (Å²) in [5.74, 6) is -0.743. The van der Waals surface area contributed by atoms with Crippen molar-refractivity contribution in [2.45, 2.75) is 18.4 Å². The van der Waals surface area contributed by atoms with Gasteiger partial charge < -0.3 is 20.4 Å². The summed E-state index contributed by atoms with van der Waals surface area (Å²) in [6, 6.07) is 7.06. The Bertz CT molecular complexity index is 831. The molecule has 1 aromatic carbocycles. The Morgan fingerprint density at radius 3 is 2.41 bits per heavy atom. The Labute approximate surface area is 156 Å². The van der Waals surface area contributed by atoms with Crippen molar-refractivity contribution < 1.29 is 19.2 Å². The molecule has 0 saturated carbocycles. The van der Waals surface area contributed by atoms with Crippen LogP contribution in [-0.2, 0) is 14.4 Å². The number of imide groups is 1. The van der Waals surface area contributed by atoms with E-state index >= 15 is 0 Å². The van der Waals surface area contributed by atoms with Gasteiger partial charge in [0.25, 0.3) is 5.91 Å². The highest BCUT2D eigenvalue weighted by Gasteiger charge is 2.45. The molecule has 5 amide bonds. The molecule has 3 heterocycles. The van der Waals surface area contributed by atoms with Gasteiger partial charge in [-0.3, -0.25) is 19.3 Å². The van der Waals surface area contributed by atoms with E-state index in [0.29, 0.717) is 25.9 Å². The van der Waals surface area contributed by atoms with Crippen LogP contribution >= 0.6 is 0 Å². The average Bonchev–Trinajstić information content (AvgIpc) is 2.89. The van der Waals surface area contributed by atoms with Gasteiger partial charge in [-0.15, -0.1) is 0 Å². The fourth-order valence-corrected chi connectivity index (χ4v) is 3.81. The van der Waals surface area contributed by atoms with Gasteiger partial charge in [0, 0.05) is 20.1 Å². The minimum absolute atomic E-state index is 0.00127. The van der Waals surface area contributed by atoms with Crippen LogP contribution in [0.25, 0.3) is 0 Å². The Morgan fingerprint density at radius 1 is 1.11 bits per heavy atom. The molecule has 1 aromatic rings. The van der Waals surface area contributed by atoms with Crippen molar-refractivity contribution in [3.63, 3.8) is 0 Å². The molecule has 0 unspecified atom stereocenters. The predicted octanol–water partition coefficient (Wildman–Crippen LogP) is 0.306. The van der Waals surface area contributed by atoms with Crippen LogP contribution in [-0.4, -0.2) is 77.2 Å². The first-order valence-corrected chi connectivity index (χ1v) is 8.91. The standard InChI is InChI=1S/C18H21N5O4/c1-21-10-15(25)23(17(21)27)11-14(24)22-8-6-18(7-9-22)16(26)19-12-4-2-3-5-13(12)20-18/h2-5,20H,6-11H2,1H3,(H,19,26). The molecule has 2 fully saturated rings. The van der Waals surface area contributed by atoms with E-state index < -0.39 is 11.6 Å². The number of likely N-dealkylation sites (N-methyl/N-ethyl adjacent to an activating group) is 1. The molecule has 0 atom stereocenters. The van der Waals surface area contributed by atoms with Gasteiger partial charge in [-0.1, -0.05) is 12.1 Å². The molecule has 27 heavy (non-hydrogen) atoms. The molecule has 0 bridgehead atoms. The van der Waals surface area contributed by atoms with Gasteiger partial charge in [0.15, 0.2) is 0 Å². The minimum atomic E-state index is -0.745. The monoisotopic (exact) mass is 371 g/mol. The molecule has 142 valence electrons. The maximum absolute atomic E-state index is 12.6. The van der Waals surface area contributed by atoms with Crippen molar-refractivity contribution in [1.82, 2.24) is 14.7 Å². The number of hydrogen-bond acceptors (Lipinski definition) is 5. The van der Waals surface area contributed by atoms with Crippen LogP contribution in [0, 0.1) is 0 Å². The molecular weight excluding hydrogens is 350 g/mol. The smallest absolute Gasteiger partial charge is 0.327 e. The largest absolute Gasteiger partial charge is 0.369 e. The van der Waals surface area contributed by atoms with Crippen LogP contribution in [0.1, 0.15) is 12.8 Å². The second kappa shape index (κ2) is 6.26. The number of anilines is 2. The van der Waals surface area contributed by atoms with Crippen molar-refractivity contribution in [2.75, 3.05) is 43.9 Å². The van der Waals surface area contributed by atoms with Crippen LogP contribution in [0.4, 0.5) is 16.2 Å². The van der Waals surface area contributed by atoms with E-state index in [-0.39, 0.29) is 30.8 Å². The Balaban J connectivity index is 1.40. The predicted molar refractivity (Wildman–Crippen MR) is 97.0 cm³/mol. The molecular formula is C18H21N5O4. The SMILES string of the molecule is CN1CC(=O)N(CC(=O)N2CCC3(CC2)Nc2ccccc2NC3=O)C1=O. The average molecular weight is 371 g/mol. The zero-order valence-electron chi connectivity index (χ0n) is 15.0. The van der Waals surface area contributed by atoms with Crippen LogP contribution < -0.4 is 10.6 Å². The fourth-order valence-electron chi connectivity index (χ4n) is 3.81. The van der Waals surface area contributed by atoms with Gasteiger partial charge in [-0.05, 0) is 25.0 Å². The number of nitrogens with one attached hydrogen (secondary N) is 2. The quantitative estimate of drug-likeness (QED) is 0.729. The molecule has 9 nitrogen and oxygen atoms in total. The van der Waals surface area contributed by atoms with Crippen molar-refractivity contribution in [3.05, 3.63) is 24.3 Å². The van der Waals surface area contributed by atoms with E-state index in [0.717, 1.165) is 16.3 Å². The first kappa shape index (κ1) is 17.3. The lowest BCUT2D eigenvalue weighted by molar-refractivity contribution is -0.138. The zero-order valence-corrected chi connectivity index (χ0v) is 15.0. The summed E-state index contributed by atoms with van der Waals surface area (Å²) in [5, 5.41) is 6.27. The van der Waals surface area contributed by atoms with Gasteiger partial charge in [0.2, 0.25) is 11.8 Å². The number of fused-ring (bicyclic) bond motifs is 1. The summed E-state index contributed by atoms with van der Waals surface area (Å²) < 4.78 is 0. The number of hydrogen-bond donors (Lipinski definition) is 2. The molecule has 2 N–H and O–H groups in total. The maximum atomic E-state index is 12.6. The second-order valence-corrected chi connectivity index (χ2v) is 7.21. The number of carbonyl (C=O) groups excluding carboxylic acids is 4. The van der Waals surface area contributed by atoms with Crippen molar-refractivity contribution in [1.29, 1.82) is 0 Å². The first-order valence-electron chi connectivity index (χ1n) is 8.91. The Morgan fingerprint density at radius 2 is 1.78 bits per heavy atom. The summed E-state index contributed by atoms with van der Waals surface area (Å²) in [4.78, 5) is 52.8. The van der Waals surface area contributed by atoms with E-state index in [1.807, 2.05) is 24.3 Å². The number of urea groups is 1. The molecule has 0 aromatic heterocycles. The highest BCUT2D eigenvalue weighted by atomic mass is 16.2. The number of piperidine rings is 1. The van der Waals surface area contributed by atoms with Crippen LogP contribution in [0.3, 0.4) is 0 Å². The molecule has 9 heteroatoms. The zero-order chi connectivity index (χ0) is 19.2. The van der Waals surface area contributed by atoms with Gasteiger partial charge in [-0.2, -0.15) is 0 Å². The normalized spacial score (nSPS) is 21.2. The van der Waals surface area contributed by atoms with Gasteiger partial charge in [-0.25, -0.2) is 4.79 Å². The number of likely N-dealkylation sites (tertiary alicyclic amines) is 1. The van der Waals surface area contributed by atoms with Gasteiger partial charge >= 0.3 is 6.03 Å². The van der Waals surface area contributed by atoms with Crippen LogP contribution in [0.15, 0.2) is 24.3 Å². The molecule has 3 aliphatic heterocycles. The summed E-state index contributed by atoms with van der Waals surface area (Å²) in [5.41, 5.74) is 0.875. The number of nitrogens with zero attached hydrogens (tertiary/aromatic N) is 3. The molecule has 2 saturated heterocycles. The highest BCUT2D eigenvalue weighted by Crippen LogP contribution is 2.36. The molecule has 1 spiro atoms. The van der Waals surface area contributed by atoms with Crippen LogP contribution in [0.5, 0.6) is 0 Å². The third-order valence-corrected chi connectivity index (χ3v) is 5.48. The van der Waals surface area contributed by atoms with Gasteiger partial charge in [0.1, 0.15) is 18.6 Å². The van der Waals surface area contributed by atoms with E-state index in [9.17, 15) is 19.2 Å². The third-order valence-electron chi connectivity index (χ3n) is 5.48.